The van der Waals surface area contributed by atoms with Gasteiger partial charge >= 0.3 is 0 Å². The number of aliphatic hydroxyl groups excluding tert-OH is 1. The standard InChI is InChI=1S/C13H19NO/c15-10-4-9-14-13-8-3-6-11-5-1-2-7-12(11)13/h1-2,5,7,13-15H,3-4,6,8-10H2. The lowest BCUT2D eigenvalue weighted by Gasteiger charge is -2.26. The van der Waals surface area contributed by atoms with Crippen molar-refractivity contribution < 1.29 is 5.11 Å². The van der Waals surface area contributed by atoms with Gasteiger partial charge in [-0.05, 0) is 43.4 Å². The Balaban J connectivity index is 2.02. The van der Waals surface area contributed by atoms with Crippen LogP contribution in [0.25, 0.3) is 0 Å². The molecule has 1 aromatic rings. The predicted octanol–water partition coefficient (Wildman–Crippen LogP) is 2.04. The molecule has 2 nitrogen and oxygen atoms in total. The maximum Gasteiger partial charge on any atom is 0.0443 e. The molecule has 1 aliphatic carbocycles. The molecule has 0 fully saturated rings. The maximum atomic E-state index is 8.75. The number of fused-ring (bicyclic) bond motifs is 1. The third-order valence-corrected chi connectivity index (χ3v) is 3.10. The van der Waals surface area contributed by atoms with Gasteiger partial charge in [0.2, 0.25) is 0 Å². The molecule has 0 bridgehead atoms. The van der Waals surface area contributed by atoms with E-state index in [1.54, 1.807) is 0 Å². The largest absolute Gasteiger partial charge is 0.396 e. The van der Waals surface area contributed by atoms with E-state index >= 15 is 0 Å². The summed E-state index contributed by atoms with van der Waals surface area (Å²) in [5.41, 5.74) is 2.95. The average Bonchev–Trinajstić information content (AvgIpc) is 2.30. The molecule has 0 saturated carbocycles. The molecule has 1 atom stereocenters. The van der Waals surface area contributed by atoms with Gasteiger partial charge in [-0.2, -0.15) is 0 Å². The van der Waals surface area contributed by atoms with Gasteiger partial charge < -0.3 is 10.4 Å². The number of hydrogen-bond acceptors (Lipinski definition) is 2. The molecule has 82 valence electrons. The molecule has 0 spiro atoms. The van der Waals surface area contributed by atoms with Crippen LogP contribution in [0, 0.1) is 0 Å². The topological polar surface area (TPSA) is 32.3 Å². The monoisotopic (exact) mass is 205 g/mol. The van der Waals surface area contributed by atoms with Crippen molar-refractivity contribution in [2.24, 2.45) is 0 Å². The molecule has 2 N–H and O–H groups in total. The third-order valence-electron chi connectivity index (χ3n) is 3.10. The van der Waals surface area contributed by atoms with Gasteiger partial charge in [0.05, 0.1) is 0 Å². The maximum absolute atomic E-state index is 8.75. The lowest BCUT2D eigenvalue weighted by atomic mass is 9.88. The summed E-state index contributed by atoms with van der Waals surface area (Å²) in [6.07, 6.45) is 4.56. The van der Waals surface area contributed by atoms with Crippen molar-refractivity contribution in [3.63, 3.8) is 0 Å². The minimum atomic E-state index is 0.279. The van der Waals surface area contributed by atoms with E-state index in [-0.39, 0.29) is 6.61 Å². The first kappa shape index (κ1) is 10.7. The second-order valence-corrected chi connectivity index (χ2v) is 4.17. The molecule has 15 heavy (non-hydrogen) atoms. The first-order valence-corrected chi connectivity index (χ1v) is 5.84. The lowest BCUT2D eigenvalue weighted by Crippen LogP contribution is -2.26. The molecule has 1 unspecified atom stereocenters. The summed E-state index contributed by atoms with van der Waals surface area (Å²) in [7, 11) is 0. The van der Waals surface area contributed by atoms with Crippen molar-refractivity contribution in [1.82, 2.24) is 5.32 Å². The Hall–Kier alpha value is -0.860. The van der Waals surface area contributed by atoms with Gasteiger partial charge in [0, 0.05) is 12.6 Å². The van der Waals surface area contributed by atoms with Gasteiger partial charge in [-0.1, -0.05) is 24.3 Å². The van der Waals surface area contributed by atoms with E-state index in [1.807, 2.05) is 0 Å². The third kappa shape index (κ3) is 2.58. The van der Waals surface area contributed by atoms with Crippen molar-refractivity contribution in [2.45, 2.75) is 31.7 Å². The van der Waals surface area contributed by atoms with E-state index in [1.165, 1.54) is 30.4 Å². The Labute approximate surface area is 91.3 Å². The van der Waals surface area contributed by atoms with Crippen LogP contribution in [-0.4, -0.2) is 18.3 Å². The molecule has 0 aromatic heterocycles. The summed E-state index contributed by atoms with van der Waals surface area (Å²) in [5, 5.41) is 12.3. The second kappa shape index (κ2) is 5.29. The molecule has 0 saturated heterocycles. The first-order valence-electron chi connectivity index (χ1n) is 5.84. The van der Waals surface area contributed by atoms with Gasteiger partial charge in [0.25, 0.3) is 0 Å². The van der Waals surface area contributed by atoms with Crippen LogP contribution in [0.15, 0.2) is 24.3 Å². The number of hydrogen-bond donors (Lipinski definition) is 2. The van der Waals surface area contributed by atoms with Crippen molar-refractivity contribution >= 4 is 0 Å². The van der Waals surface area contributed by atoms with Gasteiger partial charge in [0.15, 0.2) is 0 Å². The zero-order valence-electron chi connectivity index (χ0n) is 9.08. The normalized spacial score (nSPS) is 19.9. The van der Waals surface area contributed by atoms with Crippen molar-refractivity contribution in [3.05, 3.63) is 35.4 Å². The van der Waals surface area contributed by atoms with Gasteiger partial charge in [0.1, 0.15) is 0 Å². The first-order chi connectivity index (χ1) is 7.42. The zero-order valence-corrected chi connectivity index (χ0v) is 9.08. The Morgan fingerprint density at radius 1 is 1.33 bits per heavy atom. The van der Waals surface area contributed by atoms with Crippen LogP contribution in [0.5, 0.6) is 0 Å². The van der Waals surface area contributed by atoms with E-state index < -0.39 is 0 Å². The van der Waals surface area contributed by atoms with Crippen LogP contribution in [0.2, 0.25) is 0 Å². The molecule has 2 heteroatoms. The molecule has 0 heterocycles. The smallest absolute Gasteiger partial charge is 0.0443 e. The lowest BCUT2D eigenvalue weighted by molar-refractivity contribution is 0.281. The second-order valence-electron chi connectivity index (χ2n) is 4.17. The van der Waals surface area contributed by atoms with Crippen LogP contribution < -0.4 is 5.32 Å². The number of benzene rings is 1. The number of nitrogens with one attached hydrogen (secondary N) is 1. The van der Waals surface area contributed by atoms with E-state index in [9.17, 15) is 0 Å². The Bertz CT molecular complexity index is 311. The minimum Gasteiger partial charge on any atom is -0.396 e. The minimum absolute atomic E-state index is 0.279. The summed E-state index contributed by atoms with van der Waals surface area (Å²) in [6, 6.07) is 9.20. The highest BCUT2D eigenvalue weighted by atomic mass is 16.3. The highest BCUT2D eigenvalue weighted by molar-refractivity contribution is 5.32. The average molecular weight is 205 g/mol. The molecule has 1 aliphatic rings. The fourth-order valence-electron chi connectivity index (χ4n) is 2.32. The number of rotatable bonds is 4. The molecular formula is C13H19NO. The van der Waals surface area contributed by atoms with Crippen LogP contribution >= 0.6 is 0 Å². The van der Waals surface area contributed by atoms with Crippen LogP contribution in [0.1, 0.15) is 36.4 Å². The van der Waals surface area contributed by atoms with E-state index in [4.69, 9.17) is 5.11 Å². The molecule has 1 aromatic carbocycles. The fraction of sp³-hybridized carbons (Fsp3) is 0.538. The highest BCUT2D eigenvalue weighted by Gasteiger charge is 2.18. The van der Waals surface area contributed by atoms with Crippen LogP contribution in [0.3, 0.4) is 0 Å². The number of aliphatic hydroxyl groups is 1. The van der Waals surface area contributed by atoms with E-state index in [0.29, 0.717) is 6.04 Å². The molecule has 0 amide bonds. The SMILES string of the molecule is OCCCNC1CCCc2ccccc21. The fourth-order valence-corrected chi connectivity index (χ4v) is 2.32. The molecule has 0 aliphatic heterocycles. The summed E-state index contributed by atoms with van der Waals surface area (Å²) < 4.78 is 0. The predicted molar refractivity (Wildman–Crippen MR) is 61.8 cm³/mol. The molecule has 0 radical (unpaired) electrons. The summed E-state index contributed by atoms with van der Waals surface area (Å²) in [4.78, 5) is 0. The quantitative estimate of drug-likeness (QED) is 0.737. The molecule has 2 rings (SSSR count). The van der Waals surface area contributed by atoms with E-state index in [2.05, 4.69) is 29.6 Å². The van der Waals surface area contributed by atoms with E-state index in [0.717, 1.165) is 13.0 Å². The highest BCUT2D eigenvalue weighted by Crippen LogP contribution is 2.29. The van der Waals surface area contributed by atoms with Crippen molar-refractivity contribution in [2.75, 3.05) is 13.2 Å². The van der Waals surface area contributed by atoms with Gasteiger partial charge in [-0.3, -0.25) is 0 Å². The zero-order chi connectivity index (χ0) is 10.5. The Kier molecular flexibility index (Phi) is 3.75. The van der Waals surface area contributed by atoms with Crippen LogP contribution in [0.4, 0.5) is 0 Å². The van der Waals surface area contributed by atoms with Gasteiger partial charge in [-0.15, -0.1) is 0 Å². The van der Waals surface area contributed by atoms with Crippen molar-refractivity contribution in [1.29, 1.82) is 0 Å². The summed E-state index contributed by atoms with van der Waals surface area (Å²) >= 11 is 0. The van der Waals surface area contributed by atoms with Crippen LogP contribution in [-0.2, 0) is 6.42 Å². The van der Waals surface area contributed by atoms with Gasteiger partial charge in [-0.25, -0.2) is 0 Å². The molecular weight excluding hydrogens is 186 g/mol. The summed E-state index contributed by atoms with van der Waals surface area (Å²) in [5.74, 6) is 0. The van der Waals surface area contributed by atoms with Crippen molar-refractivity contribution in [3.8, 4) is 0 Å². The Morgan fingerprint density at radius 2 is 2.20 bits per heavy atom. The number of aryl methyl sites for hydroxylation is 1. The Morgan fingerprint density at radius 3 is 3.07 bits per heavy atom. The summed E-state index contributed by atoms with van der Waals surface area (Å²) in [6.45, 7) is 1.19.